The molecule has 168 valence electrons. The normalized spacial score (nSPS) is 22.9. The SMILES string of the molecule is NC[C@H]1CCc2c(C3=CCC(C(=O)O)CC3)nn(C(=O)c3c(Cl)cccc3C3CC3)c2C1. The van der Waals surface area contributed by atoms with E-state index in [1.165, 1.54) is 0 Å². The fourth-order valence-electron chi connectivity index (χ4n) is 5.19. The van der Waals surface area contributed by atoms with Crippen molar-refractivity contribution in [2.45, 2.75) is 57.3 Å². The van der Waals surface area contributed by atoms with Gasteiger partial charge in [-0.05, 0) is 87.0 Å². The molecule has 1 aromatic carbocycles. The zero-order valence-electron chi connectivity index (χ0n) is 18.0. The van der Waals surface area contributed by atoms with Crippen molar-refractivity contribution < 1.29 is 14.7 Å². The minimum atomic E-state index is -0.750. The standard InChI is InChI=1S/C25H28ClN3O3/c26-20-3-1-2-18(15-5-6-15)22(20)24(30)29-21-12-14(13-27)4-11-19(21)23(28-29)16-7-9-17(10-8-16)25(31)32/h1-3,7,14-15,17H,4-6,8-13,27H2,(H,31,32)/t14-,17?/m0/s1. The number of nitrogens with zero attached hydrogens (tertiary/aromatic N) is 2. The summed E-state index contributed by atoms with van der Waals surface area (Å²) >= 11 is 6.54. The van der Waals surface area contributed by atoms with Crippen molar-refractivity contribution in [2.75, 3.05) is 6.54 Å². The van der Waals surface area contributed by atoms with E-state index in [4.69, 9.17) is 22.4 Å². The van der Waals surface area contributed by atoms with Crippen molar-refractivity contribution in [1.29, 1.82) is 0 Å². The number of carboxylic acid groups (broad SMARTS) is 1. The van der Waals surface area contributed by atoms with Crippen molar-refractivity contribution in [3.63, 3.8) is 0 Å². The van der Waals surface area contributed by atoms with Crippen molar-refractivity contribution in [2.24, 2.45) is 17.6 Å². The van der Waals surface area contributed by atoms with Crippen molar-refractivity contribution in [1.82, 2.24) is 9.78 Å². The van der Waals surface area contributed by atoms with Crippen LogP contribution in [0.4, 0.5) is 0 Å². The van der Waals surface area contributed by atoms with Crippen LogP contribution in [0.2, 0.25) is 5.02 Å². The average molecular weight is 454 g/mol. The summed E-state index contributed by atoms with van der Waals surface area (Å²) in [7, 11) is 0. The van der Waals surface area contributed by atoms with Gasteiger partial charge in [0.1, 0.15) is 0 Å². The van der Waals surface area contributed by atoms with E-state index in [-0.39, 0.29) is 11.8 Å². The lowest BCUT2D eigenvalue weighted by molar-refractivity contribution is -0.141. The Hall–Kier alpha value is -2.44. The van der Waals surface area contributed by atoms with E-state index in [1.807, 2.05) is 18.2 Å². The lowest BCUT2D eigenvalue weighted by atomic mass is 9.83. The number of carbonyl (C=O) groups is 2. The van der Waals surface area contributed by atoms with E-state index >= 15 is 0 Å². The summed E-state index contributed by atoms with van der Waals surface area (Å²) in [5, 5.41) is 14.6. The number of rotatable bonds is 5. The second-order valence-corrected chi connectivity index (χ2v) is 9.76. The Morgan fingerprint density at radius 3 is 2.66 bits per heavy atom. The number of hydrogen-bond acceptors (Lipinski definition) is 4. The molecule has 1 saturated carbocycles. The smallest absolute Gasteiger partial charge is 0.306 e. The minimum Gasteiger partial charge on any atom is -0.481 e. The Balaban J connectivity index is 1.58. The number of hydrogen-bond donors (Lipinski definition) is 2. The maximum atomic E-state index is 13.8. The molecule has 0 amide bonds. The second-order valence-electron chi connectivity index (χ2n) is 9.35. The lowest BCUT2D eigenvalue weighted by Crippen LogP contribution is -2.26. The predicted molar refractivity (Wildman–Crippen MR) is 123 cm³/mol. The predicted octanol–water partition coefficient (Wildman–Crippen LogP) is 4.43. The number of nitrogens with two attached hydrogens (primary N) is 1. The van der Waals surface area contributed by atoms with Crippen LogP contribution in [0.25, 0.3) is 5.57 Å². The third-order valence-electron chi connectivity index (χ3n) is 7.24. The van der Waals surface area contributed by atoms with E-state index < -0.39 is 5.97 Å². The monoisotopic (exact) mass is 453 g/mol. The Morgan fingerprint density at radius 2 is 2.00 bits per heavy atom. The molecule has 2 aromatic rings. The van der Waals surface area contributed by atoms with Crippen LogP contribution in [0.3, 0.4) is 0 Å². The van der Waals surface area contributed by atoms with E-state index in [1.54, 1.807) is 10.7 Å². The summed E-state index contributed by atoms with van der Waals surface area (Å²) in [6.07, 6.45) is 8.44. The van der Waals surface area contributed by atoms with Gasteiger partial charge in [0.15, 0.2) is 0 Å². The summed E-state index contributed by atoms with van der Waals surface area (Å²) in [4.78, 5) is 25.2. The second kappa shape index (κ2) is 8.49. The fourth-order valence-corrected chi connectivity index (χ4v) is 5.45. The summed E-state index contributed by atoms with van der Waals surface area (Å²) < 4.78 is 1.57. The molecule has 3 aliphatic carbocycles. The highest BCUT2D eigenvalue weighted by molar-refractivity contribution is 6.34. The van der Waals surface area contributed by atoms with Crippen molar-refractivity contribution >= 4 is 29.1 Å². The molecule has 7 heteroatoms. The lowest BCUT2D eigenvalue weighted by Gasteiger charge is -2.23. The number of allylic oxidation sites excluding steroid dienone is 2. The maximum Gasteiger partial charge on any atom is 0.306 e. The van der Waals surface area contributed by atoms with E-state index in [2.05, 4.69) is 0 Å². The number of carbonyl (C=O) groups excluding carboxylic acids is 1. The molecular formula is C25H28ClN3O3. The van der Waals surface area contributed by atoms with Gasteiger partial charge in [0.2, 0.25) is 0 Å². The average Bonchev–Trinajstić information content (AvgIpc) is 3.58. The molecule has 6 nitrogen and oxygen atoms in total. The number of fused-ring (bicyclic) bond motifs is 1. The van der Waals surface area contributed by atoms with Gasteiger partial charge in [-0.25, -0.2) is 0 Å². The summed E-state index contributed by atoms with van der Waals surface area (Å²) in [6, 6.07) is 5.69. The molecule has 5 rings (SSSR count). The highest BCUT2D eigenvalue weighted by Gasteiger charge is 2.34. The van der Waals surface area contributed by atoms with Crippen LogP contribution in [0.15, 0.2) is 24.3 Å². The van der Waals surface area contributed by atoms with Crippen molar-refractivity contribution in [3.8, 4) is 0 Å². The van der Waals surface area contributed by atoms with Gasteiger partial charge in [-0.1, -0.05) is 29.8 Å². The van der Waals surface area contributed by atoms with E-state index in [0.717, 1.165) is 60.2 Å². The quantitative estimate of drug-likeness (QED) is 0.697. The first-order valence-electron chi connectivity index (χ1n) is 11.5. The Labute approximate surface area is 192 Å². The molecule has 3 aliphatic rings. The van der Waals surface area contributed by atoms with Gasteiger partial charge in [-0.3, -0.25) is 9.59 Å². The highest BCUT2D eigenvalue weighted by Crippen LogP contribution is 2.44. The van der Waals surface area contributed by atoms with E-state index in [9.17, 15) is 14.7 Å². The number of carboxylic acids is 1. The Kier molecular flexibility index (Phi) is 5.68. The van der Waals surface area contributed by atoms with Crippen LogP contribution in [0, 0.1) is 11.8 Å². The summed E-state index contributed by atoms with van der Waals surface area (Å²) in [5.41, 5.74) is 11.5. The molecule has 1 aromatic heterocycles. The molecule has 1 fully saturated rings. The molecule has 0 aliphatic heterocycles. The summed E-state index contributed by atoms with van der Waals surface area (Å²) in [6.45, 7) is 0.580. The minimum absolute atomic E-state index is 0.169. The van der Waals surface area contributed by atoms with Crippen LogP contribution >= 0.6 is 11.6 Å². The van der Waals surface area contributed by atoms with Gasteiger partial charge in [0, 0.05) is 5.56 Å². The molecule has 1 unspecified atom stereocenters. The van der Waals surface area contributed by atoms with Gasteiger partial charge < -0.3 is 10.8 Å². The molecule has 2 atom stereocenters. The summed E-state index contributed by atoms with van der Waals surface area (Å²) in [5.74, 6) is -0.546. The Bertz CT molecular complexity index is 1120. The van der Waals surface area contributed by atoms with Gasteiger partial charge in [0.05, 0.1) is 27.9 Å². The first-order valence-corrected chi connectivity index (χ1v) is 11.9. The van der Waals surface area contributed by atoms with Gasteiger partial charge in [0.25, 0.3) is 5.91 Å². The van der Waals surface area contributed by atoms with Crippen LogP contribution in [-0.2, 0) is 17.6 Å². The molecular weight excluding hydrogens is 426 g/mol. The number of aliphatic carboxylic acids is 1. The third kappa shape index (κ3) is 3.80. The van der Waals surface area contributed by atoms with Crippen LogP contribution in [0.5, 0.6) is 0 Å². The third-order valence-corrected chi connectivity index (χ3v) is 7.56. The van der Waals surface area contributed by atoms with Crippen LogP contribution < -0.4 is 5.73 Å². The molecule has 0 bridgehead atoms. The Morgan fingerprint density at radius 1 is 1.19 bits per heavy atom. The molecule has 0 spiro atoms. The van der Waals surface area contributed by atoms with Crippen molar-refractivity contribution in [3.05, 3.63) is 57.4 Å². The van der Waals surface area contributed by atoms with Gasteiger partial charge in [-0.15, -0.1) is 0 Å². The largest absolute Gasteiger partial charge is 0.481 e. The van der Waals surface area contributed by atoms with E-state index in [0.29, 0.717) is 48.2 Å². The number of aromatic nitrogens is 2. The first-order chi connectivity index (χ1) is 15.5. The molecule has 3 N–H and O–H groups in total. The first kappa shape index (κ1) is 21.4. The van der Waals surface area contributed by atoms with Gasteiger partial charge in [-0.2, -0.15) is 9.78 Å². The highest BCUT2D eigenvalue weighted by atomic mass is 35.5. The number of halogens is 1. The zero-order valence-corrected chi connectivity index (χ0v) is 18.8. The van der Waals surface area contributed by atoms with Crippen LogP contribution in [0.1, 0.15) is 77.3 Å². The molecule has 0 radical (unpaired) electrons. The van der Waals surface area contributed by atoms with Crippen LogP contribution in [-0.4, -0.2) is 33.3 Å². The fraction of sp³-hybridized carbons (Fsp3) is 0.480. The molecule has 32 heavy (non-hydrogen) atoms. The number of benzene rings is 1. The topological polar surface area (TPSA) is 98.2 Å². The van der Waals surface area contributed by atoms with Gasteiger partial charge >= 0.3 is 5.97 Å². The maximum absolute atomic E-state index is 13.8. The molecule has 1 heterocycles. The zero-order chi connectivity index (χ0) is 22.4. The molecule has 0 saturated heterocycles.